The molecule has 0 aromatic carbocycles. The molecule has 0 aliphatic carbocycles. The van der Waals surface area contributed by atoms with Crippen molar-refractivity contribution in [1.29, 1.82) is 0 Å². The Bertz CT molecular complexity index is 435. The standard InChI is InChI=1S/C16H28BrN3O/c1-4-8-18-15(12-7-10-21-14(12)6-3)16-13(17)11-19-20(16)9-5-2/h11-12,14-15,18H,4-10H2,1-3H3. The van der Waals surface area contributed by atoms with Gasteiger partial charge in [0.1, 0.15) is 0 Å². The topological polar surface area (TPSA) is 39.1 Å². The van der Waals surface area contributed by atoms with E-state index in [1.54, 1.807) is 0 Å². The van der Waals surface area contributed by atoms with E-state index < -0.39 is 0 Å². The second kappa shape index (κ2) is 8.30. The zero-order chi connectivity index (χ0) is 15.2. The first-order valence-electron chi connectivity index (χ1n) is 8.29. The maximum atomic E-state index is 5.93. The van der Waals surface area contributed by atoms with E-state index in [2.05, 4.69) is 51.8 Å². The van der Waals surface area contributed by atoms with Gasteiger partial charge in [-0.1, -0.05) is 20.8 Å². The quantitative estimate of drug-likeness (QED) is 0.766. The molecule has 2 rings (SSSR count). The highest BCUT2D eigenvalue weighted by atomic mass is 79.9. The molecule has 120 valence electrons. The van der Waals surface area contributed by atoms with Gasteiger partial charge in [0.2, 0.25) is 0 Å². The second-order valence-electron chi connectivity index (χ2n) is 5.80. The first-order chi connectivity index (χ1) is 10.2. The van der Waals surface area contributed by atoms with Gasteiger partial charge in [-0.05, 0) is 48.2 Å². The number of ether oxygens (including phenoxy) is 1. The summed E-state index contributed by atoms with van der Waals surface area (Å²) >= 11 is 3.70. The van der Waals surface area contributed by atoms with Crippen molar-refractivity contribution in [2.75, 3.05) is 13.2 Å². The van der Waals surface area contributed by atoms with Crippen LogP contribution in [0, 0.1) is 5.92 Å². The van der Waals surface area contributed by atoms with E-state index in [1.165, 1.54) is 5.69 Å². The highest BCUT2D eigenvalue weighted by Gasteiger charge is 2.36. The molecule has 0 saturated carbocycles. The highest BCUT2D eigenvalue weighted by molar-refractivity contribution is 9.10. The zero-order valence-corrected chi connectivity index (χ0v) is 15.0. The molecule has 1 N–H and O–H groups in total. The van der Waals surface area contributed by atoms with E-state index >= 15 is 0 Å². The molecule has 5 heteroatoms. The summed E-state index contributed by atoms with van der Waals surface area (Å²) in [6, 6.07) is 0.320. The SMILES string of the molecule is CCCNC(c1c(Br)cnn1CCC)C1CCOC1CC. The van der Waals surface area contributed by atoms with E-state index in [4.69, 9.17) is 4.74 Å². The molecule has 0 bridgehead atoms. The minimum absolute atomic E-state index is 0.320. The van der Waals surface area contributed by atoms with Crippen LogP contribution < -0.4 is 5.32 Å². The van der Waals surface area contributed by atoms with Gasteiger partial charge in [0.05, 0.1) is 28.5 Å². The van der Waals surface area contributed by atoms with Crippen LogP contribution in [0.4, 0.5) is 0 Å². The number of hydrogen-bond donors (Lipinski definition) is 1. The fourth-order valence-electron chi connectivity index (χ4n) is 3.29. The molecule has 3 atom stereocenters. The molecule has 1 saturated heterocycles. The molecule has 0 spiro atoms. The molecule has 1 fully saturated rings. The van der Waals surface area contributed by atoms with Crippen molar-refractivity contribution < 1.29 is 4.74 Å². The Morgan fingerprint density at radius 3 is 2.90 bits per heavy atom. The summed E-state index contributed by atoms with van der Waals surface area (Å²) in [5, 5.41) is 8.29. The van der Waals surface area contributed by atoms with Crippen molar-refractivity contribution >= 4 is 15.9 Å². The van der Waals surface area contributed by atoms with Crippen LogP contribution in [0.1, 0.15) is 58.2 Å². The Labute approximate surface area is 136 Å². The predicted molar refractivity (Wildman–Crippen MR) is 89.4 cm³/mol. The van der Waals surface area contributed by atoms with Crippen molar-refractivity contribution in [3.63, 3.8) is 0 Å². The molecule has 0 radical (unpaired) electrons. The predicted octanol–water partition coefficient (Wildman–Crippen LogP) is 3.91. The third-order valence-electron chi connectivity index (χ3n) is 4.27. The third kappa shape index (κ3) is 3.88. The van der Waals surface area contributed by atoms with Crippen LogP contribution in [0.25, 0.3) is 0 Å². The lowest BCUT2D eigenvalue weighted by Crippen LogP contribution is -2.35. The zero-order valence-electron chi connectivity index (χ0n) is 13.4. The number of nitrogens with one attached hydrogen (secondary N) is 1. The summed E-state index contributed by atoms with van der Waals surface area (Å²) in [5.74, 6) is 0.533. The lowest BCUT2D eigenvalue weighted by molar-refractivity contribution is 0.0762. The summed E-state index contributed by atoms with van der Waals surface area (Å²) < 4.78 is 9.20. The molecule has 3 unspecified atom stereocenters. The fourth-order valence-corrected chi connectivity index (χ4v) is 3.83. The average molecular weight is 358 g/mol. The minimum atomic E-state index is 0.320. The molecular formula is C16H28BrN3O. The van der Waals surface area contributed by atoms with Crippen molar-refractivity contribution in [3.05, 3.63) is 16.4 Å². The molecule has 4 nitrogen and oxygen atoms in total. The molecule has 21 heavy (non-hydrogen) atoms. The number of hydrogen-bond acceptors (Lipinski definition) is 3. The van der Waals surface area contributed by atoms with E-state index in [1.807, 2.05) is 6.20 Å². The van der Waals surface area contributed by atoms with Gasteiger partial charge in [-0.25, -0.2) is 0 Å². The second-order valence-corrected chi connectivity index (χ2v) is 6.66. The third-order valence-corrected chi connectivity index (χ3v) is 4.88. The lowest BCUT2D eigenvalue weighted by atomic mass is 9.89. The fraction of sp³-hybridized carbons (Fsp3) is 0.812. The van der Waals surface area contributed by atoms with Crippen LogP contribution in [-0.2, 0) is 11.3 Å². The van der Waals surface area contributed by atoms with Crippen LogP contribution in [0.3, 0.4) is 0 Å². The van der Waals surface area contributed by atoms with E-state index in [0.29, 0.717) is 18.1 Å². The van der Waals surface area contributed by atoms with Crippen molar-refractivity contribution in [1.82, 2.24) is 15.1 Å². The van der Waals surface area contributed by atoms with Crippen LogP contribution in [0.15, 0.2) is 10.7 Å². The van der Waals surface area contributed by atoms with Gasteiger partial charge >= 0.3 is 0 Å². The Kier molecular flexibility index (Phi) is 6.71. The van der Waals surface area contributed by atoms with Crippen molar-refractivity contribution in [2.24, 2.45) is 5.92 Å². The van der Waals surface area contributed by atoms with Crippen LogP contribution in [0.2, 0.25) is 0 Å². The molecule has 1 aromatic heterocycles. The van der Waals surface area contributed by atoms with E-state index in [9.17, 15) is 0 Å². The number of aryl methyl sites for hydroxylation is 1. The number of aromatic nitrogens is 2. The largest absolute Gasteiger partial charge is 0.378 e. The van der Waals surface area contributed by atoms with Crippen molar-refractivity contribution in [3.8, 4) is 0 Å². The average Bonchev–Trinajstić information content (AvgIpc) is 3.09. The highest BCUT2D eigenvalue weighted by Crippen LogP contribution is 2.37. The van der Waals surface area contributed by atoms with E-state index in [-0.39, 0.29) is 0 Å². The first-order valence-corrected chi connectivity index (χ1v) is 9.08. The minimum Gasteiger partial charge on any atom is -0.378 e. The first kappa shape index (κ1) is 17.0. The van der Waals surface area contributed by atoms with Crippen LogP contribution in [-0.4, -0.2) is 29.0 Å². The Morgan fingerprint density at radius 2 is 2.24 bits per heavy atom. The summed E-state index contributed by atoms with van der Waals surface area (Å²) in [5.41, 5.74) is 1.29. The van der Waals surface area contributed by atoms with Crippen LogP contribution in [0.5, 0.6) is 0 Å². The molecule has 1 aliphatic rings. The Hall–Kier alpha value is -0.390. The number of halogens is 1. The number of rotatable bonds is 8. The molecule has 1 aliphatic heterocycles. The van der Waals surface area contributed by atoms with Crippen molar-refractivity contribution in [2.45, 2.75) is 65.1 Å². The van der Waals surface area contributed by atoms with Gasteiger partial charge in [-0.2, -0.15) is 5.10 Å². The smallest absolute Gasteiger partial charge is 0.0699 e. The van der Waals surface area contributed by atoms with Gasteiger partial charge < -0.3 is 10.1 Å². The number of nitrogens with zero attached hydrogens (tertiary/aromatic N) is 2. The van der Waals surface area contributed by atoms with Gasteiger partial charge in [0, 0.05) is 19.1 Å². The molecule has 2 heterocycles. The van der Waals surface area contributed by atoms with Gasteiger partial charge in [0.15, 0.2) is 0 Å². The van der Waals surface area contributed by atoms with E-state index in [0.717, 1.165) is 49.9 Å². The van der Waals surface area contributed by atoms with Gasteiger partial charge in [0.25, 0.3) is 0 Å². The maximum absolute atomic E-state index is 5.93. The maximum Gasteiger partial charge on any atom is 0.0699 e. The lowest BCUT2D eigenvalue weighted by Gasteiger charge is -2.29. The van der Waals surface area contributed by atoms with Gasteiger partial charge in [-0.3, -0.25) is 4.68 Å². The molecule has 0 amide bonds. The van der Waals surface area contributed by atoms with Gasteiger partial charge in [-0.15, -0.1) is 0 Å². The van der Waals surface area contributed by atoms with Crippen LogP contribution >= 0.6 is 15.9 Å². The Balaban J connectivity index is 2.28. The normalized spacial score (nSPS) is 23.6. The summed E-state index contributed by atoms with van der Waals surface area (Å²) in [6.07, 6.45) is 6.73. The molecule has 1 aromatic rings. The molecular weight excluding hydrogens is 330 g/mol. The summed E-state index contributed by atoms with van der Waals surface area (Å²) in [4.78, 5) is 0. The summed E-state index contributed by atoms with van der Waals surface area (Å²) in [7, 11) is 0. The Morgan fingerprint density at radius 1 is 1.43 bits per heavy atom. The summed E-state index contributed by atoms with van der Waals surface area (Å²) in [6.45, 7) is 9.51. The monoisotopic (exact) mass is 357 g/mol.